The van der Waals surface area contributed by atoms with Crippen LogP contribution in [-0.4, -0.2) is 22.2 Å². The summed E-state index contributed by atoms with van der Waals surface area (Å²) in [6.07, 6.45) is 1.52. The fourth-order valence-electron chi connectivity index (χ4n) is 1.68. The van der Waals surface area contributed by atoms with Crippen molar-refractivity contribution >= 4 is 11.4 Å². The zero-order valence-electron chi connectivity index (χ0n) is 9.36. The molecule has 0 aromatic heterocycles. The first-order chi connectivity index (χ1) is 7.97. The Balaban J connectivity index is 2.37. The molecule has 2 rings (SSSR count). The summed E-state index contributed by atoms with van der Waals surface area (Å²) >= 11 is 0. The molecule has 5 nitrogen and oxygen atoms in total. The number of hydrogen-bond acceptors (Lipinski definition) is 4. The molecule has 0 atom stereocenters. The minimum absolute atomic E-state index is 0.0828. The molecule has 1 aromatic carbocycles. The lowest BCUT2D eigenvalue weighted by Crippen LogP contribution is -2.26. The highest BCUT2D eigenvalue weighted by atomic mass is 19.1. The number of halogens is 1. The smallest absolute Gasteiger partial charge is 0.295 e. The molecule has 1 aliphatic carbocycles. The first-order valence-electron chi connectivity index (χ1n) is 5.31. The van der Waals surface area contributed by atoms with Crippen LogP contribution in [0.2, 0.25) is 0 Å². The van der Waals surface area contributed by atoms with Gasteiger partial charge >= 0.3 is 0 Å². The van der Waals surface area contributed by atoms with Crippen LogP contribution in [0.25, 0.3) is 0 Å². The van der Waals surface area contributed by atoms with Crippen LogP contribution in [0.4, 0.5) is 15.8 Å². The Bertz CT molecular complexity index is 472. The van der Waals surface area contributed by atoms with Gasteiger partial charge in [0.05, 0.1) is 23.1 Å². The molecule has 6 heteroatoms. The van der Waals surface area contributed by atoms with Gasteiger partial charge in [-0.05, 0) is 31.4 Å². The highest BCUT2D eigenvalue weighted by Gasteiger charge is 2.43. The van der Waals surface area contributed by atoms with E-state index in [4.69, 9.17) is 5.11 Å². The maximum Gasteiger partial charge on any atom is 0.295 e. The van der Waals surface area contributed by atoms with E-state index in [1.807, 2.05) is 0 Å². The van der Waals surface area contributed by atoms with Crippen molar-refractivity contribution in [2.45, 2.75) is 25.3 Å². The highest BCUT2D eigenvalue weighted by Crippen LogP contribution is 2.41. The van der Waals surface area contributed by atoms with E-state index < -0.39 is 16.3 Å². The topological polar surface area (TPSA) is 75.4 Å². The quantitative estimate of drug-likeness (QED) is 0.623. The number of nitro groups is 1. The lowest BCUT2D eigenvalue weighted by molar-refractivity contribution is -0.384. The van der Waals surface area contributed by atoms with E-state index in [1.54, 1.807) is 6.92 Å². The van der Waals surface area contributed by atoms with Crippen LogP contribution in [-0.2, 0) is 0 Å². The highest BCUT2D eigenvalue weighted by molar-refractivity contribution is 5.65. The van der Waals surface area contributed by atoms with Gasteiger partial charge in [-0.2, -0.15) is 0 Å². The van der Waals surface area contributed by atoms with Gasteiger partial charge < -0.3 is 10.4 Å². The standard InChI is InChI=1S/C11H13FN2O3/c1-7-4-9(13-11(6-15)2-3-11)10(14(16)17)5-8(7)12/h4-5,13,15H,2-3,6H2,1H3. The summed E-state index contributed by atoms with van der Waals surface area (Å²) < 4.78 is 13.3. The molecule has 1 saturated carbocycles. The van der Waals surface area contributed by atoms with E-state index in [-0.39, 0.29) is 18.0 Å². The van der Waals surface area contributed by atoms with E-state index in [1.165, 1.54) is 6.07 Å². The Hall–Kier alpha value is -1.69. The maximum atomic E-state index is 13.3. The van der Waals surface area contributed by atoms with Gasteiger partial charge in [0, 0.05) is 0 Å². The number of aliphatic hydroxyl groups excluding tert-OH is 1. The molecule has 1 aromatic rings. The average molecular weight is 240 g/mol. The Morgan fingerprint density at radius 2 is 2.24 bits per heavy atom. The number of aliphatic hydroxyl groups is 1. The molecular weight excluding hydrogens is 227 g/mol. The molecule has 2 N–H and O–H groups in total. The van der Waals surface area contributed by atoms with Gasteiger partial charge in [-0.25, -0.2) is 4.39 Å². The Kier molecular flexibility index (Phi) is 2.74. The molecule has 0 saturated heterocycles. The Labute approximate surface area is 97.4 Å². The molecule has 1 fully saturated rings. The van der Waals surface area contributed by atoms with Crippen LogP contribution in [0.15, 0.2) is 12.1 Å². The number of anilines is 1. The summed E-state index contributed by atoms with van der Waals surface area (Å²) in [6.45, 7) is 1.46. The van der Waals surface area contributed by atoms with Crippen molar-refractivity contribution in [2.75, 3.05) is 11.9 Å². The minimum Gasteiger partial charge on any atom is -0.394 e. The van der Waals surface area contributed by atoms with Crippen LogP contribution in [0.5, 0.6) is 0 Å². The van der Waals surface area contributed by atoms with Crippen molar-refractivity contribution in [2.24, 2.45) is 0 Å². The second-order valence-electron chi connectivity index (χ2n) is 4.44. The summed E-state index contributed by atoms with van der Waals surface area (Å²) in [6, 6.07) is 2.31. The number of benzene rings is 1. The average Bonchev–Trinajstić information content (AvgIpc) is 3.03. The molecule has 0 unspecified atom stereocenters. The zero-order chi connectivity index (χ0) is 12.6. The number of hydrogen-bond donors (Lipinski definition) is 2. The normalized spacial score (nSPS) is 16.6. The van der Waals surface area contributed by atoms with Crippen molar-refractivity contribution in [1.82, 2.24) is 0 Å². The van der Waals surface area contributed by atoms with E-state index in [2.05, 4.69) is 5.32 Å². The van der Waals surface area contributed by atoms with Gasteiger partial charge in [0.15, 0.2) is 0 Å². The monoisotopic (exact) mass is 240 g/mol. The van der Waals surface area contributed by atoms with Gasteiger partial charge in [-0.3, -0.25) is 10.1 Å². The fourth-order valence-corrected chi connectivity index (χ4v) is 1.68. The van der Waals surface area contributed by atoms with Crippen molar-refractivity contribution < 1.29 is 14.4 Å². The molecule has 92 valence electrons. The minimum atomic E-state index is -0.627. The van der Waals surface area contributed by atoms with Gasteiger partial charge in [0.1, 0.15) is 11.5 Å². The molecule has 0 spiro atoms. The Morgan fingerprint density at radius 1 is 1.59 bits per heavy atom. The summed E-state index contributed by atoms with van der Waals surface area (Å²) in [5.74, 6) is -0.601. The number of aryl methyl sites for hydroxylation is 1. The molecule has 0 aliphatic heterocycles. The summed E-state index contributed by atoms with van der Waals surface area (Å²) in [7, 11) is 0. The van der Waals surface area contributed by atoms with Gasteiger partial charge in [-0.15, -0.1) is 0 Å². The molecule has 17 heavy (non-hydrogen) atoms. The van der Waals surface area contributed by atoms with Crippen molar-refractivity contribution in [1.29, 1.82) is 0 Å². The van der Waals surface area contributed by atoms with Crippen molar-refractivity contribution in [3.8, 4) is 0 Å². The predicted octanol–water partition coefficient (Wildman–Crippen LogP) is 1.98. The first-order valence-corrected chi connectivity index (χ1v) is 5.31. The van der Waals surface area contributed by atoms with Crippen molar-refractivity contribution in [3.63, 3.8) is 0 Å². The number of rotatable bonds is 4. The third-order valence-corrected chi connectivity index (χ3v) is 3.03. The lowest BCUT2D eigenvalue weighted by atomic mass is 10.1. The van der Waals surface area contributed by atoms with Gasteiger partial charge in [0.2, 0.25) is 0 Å². The number of nitro benzene ring substituents is 1. The molecule has 0 radical (unpaired) electrons. The van der Waals surface area contributed by atoms with Crippen LogP contribution >= 0.6 is 0 Å². The van der Waals surface area contributed by atoms with E-state index in [9.17, 15) is 14.5 Å². The van der Waals surface area contributed by atoms with E-state index in [0.717, 1.165) is 18.9 Å². The van der Waals surface area contributed by atoms with E-state index >= 15 is 0 Å². The number of nitrogens with zero attached hydrogens (tertiary/aromatic N) is 1. The lowest BCUT2D eigenvalue weighted by Gasteiger charge is -2.16. The van der Waals surface area contributed by atoms with E-state index in [0.29, 0.717) is 5.56 Å². The molecule has 0 heterocycles. The van der Waals surface area contributed by atoms with Crippen LogP contribution < -0.4 is 5.32 Å². The predicted molar refractivity (Wildman–Crippen MR) is 60.5 cm³/mol. The third-order valence-electron chi connectivity index (χ3n) is 3.03. The second-order valence-corrected chi connectivity index (χ2v) is 4.44. The number of nitrogens with one attached hydrogen (secondary N) is 1. The Morgan fingerprint density at radius 3 is 2.71 bits per heavy atom. The van der Waals surface area contributed by atoms with Gasteiger partial charge in [0.25, 0.3) is 5.69 Å². The molecule has 0 bridgehead atoms. The van der Waals surface area contributed by atoms with Crippen LogP contribution in [0.3, 0.4) is 0 Å². The maximum absolute atomic E-state index is 13.3. The first kappa shape index (κ1) is 11.8. The van der Waals surface area contributed by atoms with Crippen LogP contribution in [0, 0.1) is 22.9 Å². The summed E-state index contributed by atoms with van der Waals surface area (Å²) in [5, 5.41) is 22.9. The fraction of sp³-hybridized carbons (Fsp3) is 0.455. The van der Waals surface area contributed by atoms with Crippen LogP contribution in [0.1, 0.15) is 18.4 Å². The second kappa shape index (κ2) is 3.96. The summed E-state index contributed by atoms with van der Waals surface area (Å²) in [4.78, 5) is 10.2. The van der Waals surface area contributed by atoms with Gasteiger partial charge in [-0.1, -0.05) is 0 Å². The SMILES string of the molecule is Cc1cc(NC2(CO)CC2)c([N+](=O)[O-])cc1F. The molecule has 0 amide bonds. The van der Waals surface area contributed by atoms with Crippen molar-refractivity contribution in [3.05, 3.63) is 33.6 Å². The summed E-state index contributed by atoms with van der Waals surface area (Å²) in [5.41, 5.74) is -0.158. The largest absolute Gasteiger partial charge is 0.394 e. The third kappa shape index (κ3) is 2.21. The molecular formula is C11H13FN2O3. The zero-order valence-corrected chi connectivity index (χ0v) is 9.36. The molecule has 1 aliphatic rings.